The summed E-state index contributed by atoms with van der Waals surface area (Å²) in [6.07, 6.45) is 0. The molecule has 0 fully saturated rings. The van der Waals surface area contributed by atoms with Crippen LogP contribution in [0.2, 0.25) is 0 Å². The lowest BCUT2D eigenvalue weighted by molar-refractivity contribution is -0.123. The van der Waals surface area contributed by atoms with E-state index in [1.807, 2.05) is 0 Å². The van der Waals surface area contributed by atoms with Crippen molar-refractivity contribution in [1.29, 1.82) is 0 Å². The molecular formula is C5H11ClN2O2. The van der Waals surface area contributed by atoms with Crippen molar-refractivity contribution >= 4 is 24.1 Å². The van der Waals surface area contributed by atoms with Crippen LogP contribution in [0.5, 0.6) is 0 Å². The molecule has 0 saturated heterocycles. The minimum Gasteiger partial charge on any atom is -0.348 e. The van der Waals surface area contributed by atoms with Crippen molar-refractivity contribution in [2.24, 2.45) is 5.73 Å². The Labute approximate surface area is 65.6 Å². The van der Waals surface area contributed by atoms with Crippen LogP contribution in [0.4, 0.5) is 0 Å². The summed E-state index contributed by atoms with van der Waals surface area (Å²) in [5, 5.41) is 2.32. The van der Waals surface area contributed by atoms with E-state index in [4.69, 9.17) is 5.73 Å². The monoisotopic (exact) mass is 166 g/mol. The van der Waals surface area contributed by atoms with Crippen LogP contribution in [-0.4, -0.2) is 24.8 Å². The third-order valence-corrected chi connectivity index (χ3v) is 0.720. The van der Waals surface area contributed by atoms with E-state index >= 15 is 0 Å². The topological polar surface area (TPSA) is 72.2 Å². The average Bonchev–Trinajstić information content (AvgIpc) is 1.83. The quantitative estimate of drug-likeness (QED) is 0.569. The molecule has 0 unspecified atom stereocenters. The number of hydrogen-bond acceptors (Lipinski definition) is 3. The Kier molecular flexibility index (Phi) is 7.88. The largest absolute Gasteiger partial charge is 0.348 e. The highest BCUT2D eigenvalue weighted by Crippen LogP contribution is 1.63. The number of halogens is 1. The number of carbonyl (C=O) groups is 2. The van der Waals surface area contributed by atoms with Gasteiger partial charge in [-0.3, -0.25) is 9.59 Å². The summed E-state index contributed by atoms with van der Waals surface area (Å²) in [6.45, 7) is 1.42. The molecule has 0 aliphatic carbocycles. The maximum atomic E-state index is 10.3. The lowest BCUT2D eigenvalue weighted by Gasteiger charge is -1.96. The van der Waals surface area contributed by atoms with E-state index in [9.17, 15) is 9.59 Å². The van der Waals surface area contributed by atoms with Gasteiger partial charge in [0.1, 0.15) is 5.78 Å². The zero-order valence-electron chi connectivity index (χ0n) is 5.72. The van der Waals surface area contributed by atoms with E-state index in [0.29, 0.717) is 0 Å². The maximum Gasteiger partial charge on any atom is 0.234 e. The molecule has 3 N–H and O–H groups in total. The smallest absolute Gasteiger partial charge is 0.234 e. The molecule has 10 heavy (non-hydrogen) atoms. The Hall–Kier alpha value is -0.610. The Morgan fingerprint density at radius 2 is 2.00 bits per heavy atom. The van der Waals surface area contributed by atoms with Crippen molar-refractivity contribution in [2.45, 2.75) is 6.92 Å². The number of ketones is 1. The maximum absolute atomic E-state index is 10.3. The Bertz CT molecular complexity index is 127. The van der Waals surface area contributed by atoms with Gasteiger partial charge in [0.05, 0.1) is 13.1 Å². The predicted molar refractivity (Wildman–Crippen MR) is 40.0 cm³/mol. The van der Waals surface area contributed by atoms with E-state index in [0.717, 1.165) is 0 Å². The molecule has 0 rings (SSSR count). The van der Waals surface area contributed by atoms with Gasteiger partial charge in [0.15, 0.2) is 0 Å². The number of amides is 1. The summed E-state index contributed by atoms with van der Waals surface area (Å²) < 4.78 is 0. The first-order chi connectivity index (χ1) is 4.16. The van der Waals surface area contributed by atoms with Crippen molar-refractivity contribution in [1.82, 2.24) is 5.32 Å². The van der Waals surface area contributed by atoms with Gasteiger partial charge in [-0.25, -0.2) is 0 Å². The molecule has 0 radical (unpaired) electrons. The first-order valence-electron chi connectivity index (χ1n) is 2.63. The van der Waals surface area contributed by atoms with E-state index in [1.54, 1.807) is 0 Å². The van der Waals surface area contributed by atoms with Crippen LogP contribution in [0.3, 0.4) is 0 Å². The average molecular weight is 167 g/mol. The number of carbonyl (C=O) groups excluding carboxylic acids is 2. The Morgan fingerprint density at radius 3 is 2.30 bits per heavy atom. The van der Waals surface area contributed by atoms with Crippen LogP contribution in [0.25, 0.3) is 0 Å². The molecule has 5 heteroatoms. The molecule has 0 heterocycles. The SMILES string of the molecule is CC(=O)CNC(=O)CN.Cl. The molecule has 0 aromatic carbocycles. The molecule has 0 saturated carbocycles. The highest BCUT2D eigenvalue weighted by atomic mass is 35.5. The summed E-state index contributed by atoms with van der Waals surface area (Å²) >= 11 is 0. The number of rotatable bonds is 3. The second kappa shape index (κ2) is 6.51. The second-order valence-corrected chi connectivity index (χ2v) is 1.68. The predicted octanol–water partition coefficient (Wildman–Crippen LogP) is -0.928. The van der Waals surface area contributed by atoms with Gasteiger partial charge in [0, 0.05) is 0 Å². The fourth-order valence-electron chi connectivity index (χ4n) is 0.295. The molecule has 0 aromatic heterocycles. The lowest BCUT2D eigenvalue weighted by atomic mass is 10.4. The summed E-state index contributed by atoms with van der Waals surface area (Å²) in [6, 6.07) is 0. The summed E-state index contributed by atoms with van der Waals surface area (Å²) in [7, 11) is 0. The summed E-state index contributed by atoms with van der Waals surface area (Å²) in [4.78, 5) is 20.5. The van der Waals surface area contributed by atoms with Crippen LogP contribution < -0.4 is 11.1 Å². The Morgan fingerprint density at radius 1 is 1.50 bits per heavy atom. The first-order valence-corrected chi connectivity index (χ1v) is 2.63. The van der Waals surface area contributed by atoms with Crippen LogP contribution in [0, 0.1) is 0 Å². The van der Waals surface area contributed by atoms with Crippen LogP contribution in [0.15, 0.2) is 0 Å². The fraction of sp³-hybridized carbons (Fsp3) is 0.600. The van der Waals surface area contributed by atoms with E-state index < -0.39 is 0 Å². The van der Waals surface area contributed by atoms with Crippen molar-refractivity contribution < 1.29 is 9.59 Å². The number of hydrogen-bond donors (Lipinski definition) is 2. The van der Waals surface area contributed by atoms with Gasteiger partial charge in [-0.2, -0.15) is 0 Å². The van der Waals surface area contributed by atoms with Crippen molar-refractivity contribution in [3.63, 3.8) is 0 Å². The van der Waals surface area contributed by atoms with Crippen molar-refractivity contribution in [3.05, 3.63) is 0 Å². The van der Waals surface area contributed by atoms with Crippen LogP contribution >= 0.6 is 12.4 Å². The number of nitrogens with one attached hydrogen (secondary N) is 1. The molecule has 0 bridgehead atoms. The van der Waals surface area contributed by atoms with E-state index in [2.05, 4.69) is 5.32 Å². The molecule has 0 atom stereocenters. The van der Waals surface area contributed by atoms with Crippen LogP contribution in [0.1, 0.15) is 6.92 Å². The molecule has 0 spiro atoms. The minimum atomic E-state index is -0.301. The fourth-order valence-corrected chi connectivity index (χ4v) is 0.295. The molecule has 0 aromatic rings. The first kappa shape index (κ1) is 12.1. The minimum absolute atomic E-state index is 0. The molecular weight excluding hydrogens is 156 g/mol. The second-order valence-electron chi connectivity index (χ2n) is 1.68. The zero-order chi connectivity index (χ0) is 7.28. The van der Waals surface area contributed by atoms with E-state index in [1.165, 1.54) is 6.92 Å². The molecule has 0 aliphatic rings. The number of nitrogens with two attached hydrogens (primary N) is 1. The standard InChI is InChI=1S/C5H10N2O2.ClH/c1-4(8)3-7-5(9)2-6;/h2-3,6H2,1H3,(H,7,9);1H. The highest BCUT2D eigenvalue weighted by Gasteiger charge is 1.96. The van der Waals surface area contributed by atoms with Gasteiger partial charge in [0.2, 0.25) is 5.91 Å². The zero-order valence-corrected chi connectivity index (χ0v) is 6.53. The van der Waals surface area contributed by atoms with Gasteiger partial charge in [-0.05, 0) is 6.92 Å². The third-order valence-electron chi connectivity index (χ3n) is 0.720. The molecule has 0 aliphatic heterocycles. The Balaban J connectivity index is 0. The van der Waals surface area contributed by atoms with Gasteiger partial charge in [-0.1, -0.05) is 0 Å². The highest BCUT2D eigenvalue weighted by molar-refractivity contribution is 5.85. The molecule has 4 nitrogen and oxygen atoms in total. The summed E-state index contributed by atoms with van der Waals surface area (Å²) in [5.74, 6) is -0.373. The molecule has 60 valence electrons. The van der Waals surface area contributed by atoms with Gasteiger partial charge in [0.25, 0.3) is 0 Å². The van der Waals surface area contributed by atoms with Gasteiger partial charge >= 0.3 is 0 Å². The van der Waals surface area contributed by atoms with Gasteiger partial charge < -0.3 is 11.1 Å². The molecule has 1 amide bonds. The van der Waals surface area contributed by atoms with Gasteiger partial charge in [-0.15, -0.1) is 12.4 Å². The van der Waals surface area contributed by atoms with Crippen molar-refractivity contribution in [3.8, 4) is 0 Å². The van der Waals surface area contributed by atoms with Crippen LogP contribution in [-0.2, 0) is 9.59 Å². The van der Waals surface area contributed by atoms with Crippen molar-refractivity contribution in [2.75, 3.05) is 13.1 Å². The normalized spacial score (nSPS) is 7.80. The van der Waals surface area contributed by atoms with E-state index in [-0.39, 0.29) is 37.2 Å². The number of Topliss-reactive ketones (excluding diaryl/α,β-unsaturated/α-hetero) is 1. The summed E-state index contributed by atoms with van der Waals surface area (Å²) in [5.41, 5.74) is 4.93. The lowest BCUT2D eigenvalue weighted by Crippen LogP contribution is -2.33. The third kappa shape index (κ3) is 7.39.